The highest BCUT2D eigenvalue weighted by molar-refractivity contribution is 6.69. The van der Waals surface area contributed by atoms with Crippen LogP contribution in [-0.2, 0) is 6.54 Å². The molecule has 0 saturated heterocycles. The number of nitrogens with zero attached hydrogens (tertiary/aromatic N) is 2. The third kappa shape index (κ3) is 2.91. The van der Waals surface area contributed by atoms with Crippen molar-refractivity contribution in [2.24, 2.45) is 4.99 Å². The normalized spacial score (nSPS) is 11.4. The maximum atomic E-state index is 6.07. The lowest BCUT2D eigenvalue weighted by Crippen LogP contribution is -1.93. The summed E-state index contributed by atoms with van der Waals surface area (Å²) >= 11 is 6.07. The summed E-state index contributed by atoms with van der Waals surface area (Å²) in [5.41, 5.74) is 1.99. The van der Waals surface area contributed by atoms with Crippen molar-refractivity contribution < 1.29 is 0 Å². The van der Waals surface area contributed by atoms with Crippen LogP contribution in [0.5, 0.6) is 0 Å². The van der Waals surface area contributed by atoms with E-state index >= 15 is 0 Å². The number of pyridine rings is 1. The van der Waals surface area contributed by atoms with Gasteiger partial charge in [0.1, 0.15) is 5.17 Å². The molecule has 16 heavy (non-hydrogen) atoms. The Bertz CT molecular complexity index is 466. The van der Waals surface area contributed by atoms with Crippen LogP contribution < -0.4 is 0 Å². The zero-order valence-electron chi connectivity index (χ0n) is 8.68. The molecule has 2 rings (SSSR count). The first kappa shape index (κ1) is 10.8. The number of aromatic nitrogens is 1. The van der Waals surface area contributed by atoms with Gasteiger partial charge in [-0.05, 0) is 17.7 Å². The summed E-state index contributed by atoms with van der Waals surface area (Å²) in [5.74, 6) is 0. The van der Waals surface area contributed by atoms with Gasteiger partial charge in [0, 0.05) is 18.0 Å². The van der Waals surface area contributed by atoms with Crippen LogP contribution in [0, 0.1) is 0 Å². The molecule has 0 spiro atoms. The molecule has 2 nitrogen and oxygen atoms in total. The summed E-state index contributed by atoms with van der Waals surface area (Å²) < 4.78 is 0. The van der Waals surface area contributed by atoms with Crippen molar-refractivity contribution >= 4 is 16.8 Å². The number of hydrogen-bond donors (Lipinski definition) is 0. The monoisotopic (exact) mass is 230 g/mol. The van der Waals surface area contributed by atoms with Crippen molar-refractivity contribution in [1.82, 2.24) is 4.98 Å². The predicted molar refractivity (Wildman–Crippen MR) is 66.8 cm³/mol. The van der Waals surface area contributed by atoms with E-state index < -0.39 is 0 Å². The van der Waals surface area contributed by atoms with Gasteiger partial charge in [-0.3, -0.25) is 9.98 Å². The van der Waals surface area contributed by atoms with Crippen LogP contribution in [-0.4, -0.2) is 10.2 Å². The van der Waals surface area contributed by atoms with Gasteiger partial charge in [-0.1, -0.05) is 41.9 Å². The van der Waals surface area contributed by atoms with E-state index in [1.165, 1.54) is 0 Å². The highest BCUT2D eigenvalue weighted by atomic mass is 35.5. The number of hydrogen-bond acceptors (Lipinski definition) is 2. The average Bonchev–Trinajstić information content (AvgIpc) is 2.38. The number of benzene rings is 1. The molecule has 0 aliphatic carbocycles. The Balaban J connectivity index is 2.09. The predicted octanol–water partition coefficient (Wildman–Crippen LogP) is 3.27. The Hall–Kier alpha value is -1.67. The minimum absolute atomic E-state index is 0.497. The van der Waals surface area contributed by atoms with E-state index in [-0.39, 0.29) is 0 Å². The van der Waals surface area contributed by atoms with Crippen molar-refractivity contribution in [3.63, 3.8) is 0 Å². The lowest BCUT2D eigenvalue weighted by atomic mass is 10.2. The van der Waals surface area contributed by atoms with Gasteiger partial charge in [0.15, 0.2) is 0 Å². The molecule has 2 aromatic rings. The minimum atomic E-state index is 0.497. The SMILES string of the molecule is ClC(=NCc1ccccc1)c1cccnc1. The number of aliphatic imine (C=N–C) groups is 1. The first-order valence-electron chi connectivity index (χ1n) is 5.00. The van der Waals surface area contributed by atoms with E-state index in [0.29, 0.717) is 11.7 Å². The van der Waals surface area contributed by atoms with E-state index in [0.717, 1.165) is 11.1 Å². The summed E-state index contributed by atoms with van der Waals surface area (Å²) in [6.07, 6.45) is 3.42. The van der Waals surface area contributed by atoms with Gasteiger partial charge in [0.2, 0.25) is 0 Å². The zero-order chi connectivity index (χ0) is 11.2. The van der Waals surface area contributed by atoms with Crippen LogP contribution in [0.25, 0.3) is 0 Å². The van der Waals surface area contributed by atoms with Crippen molar-refractivity contribution in [3.8, 4) is 0 Å². The maximum absolute atomic E-state index is 6.07. The standard InChI is InChI=1S/C13H11ClN2/c14-13(12-7-4-8-15-10-12)16-9-11-5-2-1-3-6-11/h1-8,10H,9H2. The summed E-state index contributed by atoms with van der Waals surface area (Å²) in [6, 6.07) is 13.7. The molecular formula is C13H11ClN2. The Morgan fingerprint density at radius 3 is 2.62 bits per heavy atom. The molecule has 1 heterocycles. The topological polar surface area (TPSA) is 25.2 Å². The molecule has 0 atom stereocenters. The molecule has 0 amide bonds. The van der Waals surface area contributed by atoms with Crippen LogP contribution in [0.1, 0.15) is 11.1 Å². The Morgan fingerprint density at radius 1 is 1.12 bits per heavy atom. The van der Waals surface area contributed by atoms with Gasteiger partial charge in [-0.25, -0.2) is 0 Å². The molecule has 0 saturated carbocycles. The second kappa shape index (κ2) is 5.42. The number of rotatable bonds is 3. The van der Waals surface area contributed by atoms with Crippen LogP contribution in [0.4, 0.5) is 0 Å². The largest absolute Gasteiger partial charge is 0.268 e. The van der Waals surface area contributed by atoms with E-state index in [1.54, 1.807) is 12.4 Å². The van der Waals surface area contributed by atoms with Crippen molar-refractivity contribution in [3.05, 3.63) is 66.0 Å². The third-order valence-electron chi connectivity index (χ3n) is 2.14. The second-order valence-corrected chi connectivity index (χ2v) is 3.69. The first-order valence-corrected chi connectivity index (χ1v) is 5.38. The summed E-state index contributed by atoms with van der Waals surface area (Å²) in [4.78, 5) is 8.30. The fourth-order valence-corrected chi connectivity index (χ4v) is 1.49. The van der Waals surface area contributed by atoms with Crippen LogP contribution >= 0.6 is 11.6 Å². The quantitative estimate of drug-likeness (QED) is 0.743. The highest BCUT2D eigenvalue weighted by Gasteiger charge is 1.98. The first-order chi connectivity index (χ1) is 7.86. The van der Waals surface area contributed by atoms with Crippen molar-refractivity contribution in [2.75, 3.05) is 0 Å². The molecule has 0 bridgehead atoms. The zero-order valence-corrected chi connectivity index (χ0v) is 9.43. The molecule has 0 unspecified atom stereocenters. The van der Waals surface area contributed by atoms with Gasteiger partial charge < -0.3 is 0 Å². The van der Waals surface area contributed by atoms with Gasteiger partial charge in [0.05, 0.1) is 6.54 Å². The van der Waals surface area contributed by atoms with Gasteiger partial charge in [-0.2, -0.15) is 0 Å². The minimum Gasteiger partial charge on any atom is -0.268 e. The second-order valence-electron chi connectivity index (χ2n) is 3.33. The Morgan fingerprint density at radius 2 is 1.94 bits per heavy atom. The van der Waals surface area contributed by atoms with Crippen molar-refractivity contribution in [2.45, 2.75) is 6.54 Å². The van der Waals surface area contributed by atoms with Crippen LogP contribution in [0.3, 0.4) is 0 Å². The Kier molecular flexibility index (Phi) is 3.67. The fraction of sp³-hybridized carbons (Fsp3) is 0.0769. The van der Waals surface area contributed by atoms with Gasteiger partial charge in [-0.15, -0.1) is 0 Å². The average molecular weight is 231 g/mol. The smallest absolute Gasteiger partial charge is 0.132 e. The molecule has 0 aliphatic rings. The molecule has 80 valence electrons. The lowest BCUT2D eigenvalue weighted by molar-refractivity contribution is 1.07. The number of halogens is 1. The maximum Gasteiger partial charge on any atom is 0.132 e. The summed E-state index contributed by atoms with van der Waals surface area (Å²) in [7, 11) is 0. The van der Waals surface area contributed by atoms with E-state index in [2.05, 4.69) is 9.98 Å². The van der Waals surface area contributed by atoms with Crippen LogP contribution in [0.15, 0.2) is 59.9 Å². The third-order valence-corrected chi connectivity index (χ3v) is 2.48. The molecule has 0 fully saturated rings. The summed E-state index contributed by atoms with van der Waals surface area (Å²) in [5, 5.41) is 0.497. The molecule has 0 N–H and O–H groups in total. The molecule has 1 aromatic heterocycles. The molecule has 3 heteroatoms. The molecule has 0 radical (unpaired) electrons. The molecule has 1 aromatic carbocycles. The fourth-order valence-electron chi connectivity index (χ4n) is 1.32. The molecule has 0 aliphatic heterocycles. The van der Waals surface area contributed by atoms with Crippen LogP contribution in [0.2, 0.25) is 0 Å². The van der Waals surface area contributed by atoms with E-state index in [4.69, 9.17) is 11.6 Å². The van der Waals surface area contributed by atoms with E-state index in [9.17, 15) is 0 Å². The van der Waals surface area contributed by atoms with E-state index in [1.807, 2.05) is 42.5 Å². The molecular weight excluding hydrogens is 220 g/mol. The Labute approximate surface area is 99.6 Å². The highest BCUT2D eigenvalue weighted by Crippen LogP contribution is 2.06. The summed E-state index contributed by atoms with van der Waals surface area (Å²) in [6.45, 7) is 0.592. The lowest BCUT2D eigenvalue weighted by Gasteiger charge is -1.98. The van der Waals surface area contributed by atoms with Crippen molar-refractivity contribution in [1.29, 1.82) is 0 Å². The van der Waals surface area contributed by atoms with Gasteiger partial charge in [0.25, 0.3) is 0 Å². The van der Waals surface area contributed by atoms with Gasteiger partial charge >= 0.3 is 0 Å².